The zero-order chi connectivity index (χ0) is 18.1. The van der Waals surface area contributed by atoms with Crippen molar-refractivity contribution in [2.24, 2.45) is 0 Å². The average molecular weight is 382 g/mol. The van der Waals surface area contributed by atoms with Gasteiger partial charge in [-0.3, -0.25) is 0 Å². The Balaban J connectivity index is 1.91. The standard InChI is InChI=1S/C20H16ClN3OS/c1-12-16(13-7-4-3-5-8-13)17-18(23-20(21)24-19(17)26-12)22-14-9-6-10-15(11-14)25-2/h3-11H,1-2H3,(H,22,23,24). The number of thiophene rings is 1. The number of ether oxygens (including phenoxy) is 1. The van der Waals surface area contributed by atoms with Crippen molar-refractivity contribution in [2.75, 3.05) is 12.4 Å². The molecule has 0 aliphatic rings. The Morgan fingerprint density at radius 2 is 1.85 bits per heavy atom. The predicted molar refractivity (Wildman–Crippen MR) is 109 cm³/mol. The van der Waals surface area contributed by atoms with Crippen molar-refractivity contribution < 1.29 is 4.74 Å². The minimum atomic E-state index is 0.226. The lowest BCUT2D eigenvalue weighted by atomic mass is 10.0. The van der Waals surface area contributed by atoms with Gasteiger partial charge in [-0.1, -0.05) is 36.4 Å². The summed E-state index contributed by atoms with van der Waals surface area (Å²) in [6.45, 7) is 2.10. The van der Waals surface area contributed by atoms with E-state index in [0.717, 1.165) is 32.8 Å². The van der Waals surface area contributed by atoms with Crippen LogP contribution in [0.15, 0.2) is 54.6 Å². The van der Waals surface area contributed by atoms with Crippen molar-refractivity contribution in [1.82, 2.24) is 9.97 Å². The summed E-state index contributed by atoms with van der Waals surface area (Å²) in [5.41, 5.74) is 3.15. The van der Waals surface area contributed by atoms with Crippen LogP contribution in [0.25, 0.3) is 21.3 Å². The van der Waals surface area contributed by atoms with Gasteiger partial charge in [-0.15, -0.1) is 11.3 Å². The Labute approximate surface area is 160 Å². The lowest BCUT2D eigenvalue weighted by molar-refractivity contribution is 0.415. The van der Waals surface area contributed by atoms with E-state index in [1.807, 2.05) is 42.5 Å². The fraction of sp³-hybridized carbons (Fsp3) is 0.100. The third-order valence-corrected chi connectivity index (χ3v) is 5.26. The van der Waals surface area contributed by atoms with Crippen molar-refractivity contribution in [1.29, 1.82) is 0 Å². The lowest BCUT2D eigenvalue weighted by Crippen LogP contribution is -1.97. The summed E-state index contributed by atoms with van der Waals surface area (Å²) >= 11 is 7.80. The number of hydrogen-bond acceptors (Lipinski definition) is 5. The molecule has 0 fully saturated rings. The molecular formula is C20H16ClN3OS. The number of fused-ring (bicyclic) bond motifs is 1. The number of nitrogens with zero attached hydrogens (tertiary/aromatic N) is 2. The lowest BCUT2D eigenvalue weighted by Gasteiger charge is -2.10. The molecule has 4 rings (SSSR count). The topological polar surface area (TPSA) is 47.0 Å². The van der Waals surface area contributed by atoms with E-state index in [0.29, 0.717) is 5.82 Å². The molecule has 130 valence electrons. The molecule has 0 saturated heterocycles. The van der Waals surface area contributed by atoms with Crippen molar-refractivity contribution in [3.8, 4) is 16.9 Å². The predicted octanol–water partition coefficient (Wildman–Crippen LogP) is 6.07. The molecule has 0 atom stereocenters. The largest absolute Gasteiger partial charge is 0.497 e. The van der Waals surface area contributed by atoms with Crippen LogP contribution < -0.4 is 10.1 Å². The van der Waals surface area contributed by atoms with E-state index >= 15 is 0 Å². The second kappa shape index (κ2) is 6.94. The first kappa shape index (κ1) is 16.8. The van der Waals surface area contributed by atoms with Gasteiger partial charge in [-0.05, 0) is 36.2 Å². The Bertz CT molecular complexity index is 1080. The number of aryl methyl sites for hydroxylation is 1. The highest BCUT2D eigenvalue weighted by atomic mass is 35.5. The minimum absolute atomic E-state index is 0.226. The van der Waals surface area contributed by atoms with Crippen molar-refractivity contribution in [3.63, 3.8) is 0 Å². The summed E-state index contributed by atoms with van der Waals surface area (Å²) in [7, 11) is 1.65. The van der Waals surface area contributed by atoms with Gasteiger partial charge in [0.15, 0.2) is 0 Å². The number of halogens is 1. The van der Waals surface area contributed by atoms with Gasteiger partial charge in [-0.2, -0.15) is 4.98 Å². The highest BCUT2D eigenvalue weighted by Gasteiger charge is 2.18. The number of anilines is 2. The number of methoxy groups -OCH3 is 1. The molecule has 2 heterocycles. The highest BCUT2D eigenvalue weighted by Crippen LogP contribution is 2.41. The molecule has 4 aromatic rings. The van der Waals surface area contributed by atoms with Crippen LogP contribution in [0.5, 0.6) is 5.75 Å². The van der Waals surface area contributed by atoms with Crippen LogP contribution in [0, 0.1) is 6.92 Å². The first-order valence-electron chi connectivity index (χ1n) is 8.09. The molecule has 0 radical (unpaired) electrons. The van der Waals surface area contributed by atoms with E-state index < -0.39 is 0 Å². The van der Waals surface area contributed by atoms with Gasteiger partial charge in [0.1, 0.15) is 16.4 Å². The van der Waals surface area contributed by atoms with Crippen LogP contribution in [0.4, 0.5) is 11.5 Å². The highest BCUT2D eigenvalue weighted by molar-refractivity contribution is 7.19. The second-order valence-corrected chi connectivity index (χ2v) is 7.32. The van der Waals surface area contributed by atoms with Crippen LogP contribution >= 0.6 is 22.9 Å². The molecule has 1 N–H and O–H groups in total. The third-order valence-electron chi connectivity index (χ3n) is 4.10. The van der Waals surface area contributed by atoms with Gasteiger partial charge < -0.3 is 10.1 Å². The molecule has 0 aliphatic carbocycles. The first-order chi connectivity index (χ1) is 12.7. The van der Waals surface area contributed by atoms with Crippen LogP contribution in [0.2, 0.25) is 5.28 Å². The Morgan fingerprint density at radius 1 is 1.04 bits per heavy atom. The van der Waals surface area contributed by atoms with Crippen molar-refractivity contribution in [3.05, 3.63) is 64.8 Å². The number of hydrogen-bond donors (Lipinski definition) is 1. The minimum Gasteiger partial charge on any atom is -0.497 e. The Hall–Kier alpha value is -2.63. The summed E-state index contributed by atoms with van der Waals surface area (Å²) < 4.78 is 5.30. The van der Waals surface area contributed by atoms with Gasteiger partial charge in [0.25, 0.3) is 0 Å². The van der Waals surface area contributed by atoms with Gasteiger partial charge in [-0.25, -0.2) is 4.98 Å². The van der Waals surface area contributed by atoms with Gasteiger partial charge in [0.05, 0.1) is 12.5 Å². The molecule has 0 spiro atoms. The Kier molecular flexibility index (Phi) is 4.49. The van der Waals surface area contributed by atoms with Gasteiger partial charge >= 0.3 is 0 Å². The number of aromatic nitrogens is 2. The summed E-state index contributed by atoms with van der Waals surface area (Å²) in [4.78, 5) is 10.9. The molecule has 26 heavy (non-hydrogen) atoms. The zero-order valence-electron chi connectivity index (χ0n) is 14.3. The summed E-state index contributed by atoms with van der Waals surface area (Å²) in [5.74, 6) is 1.47. The zero-order valence-corrected chi connectivity index (χ0v) is 15.9. The van der Waals surface area contributed by atoms with E-state index in [1.54, 1.807) is 18.4 Å². The Morgan fingerprint density at radius 3 is 2.62 bits per heavy atom. The maximum atomic E-state index is 6.18. The van der Waals surface area contributed by atoms with Crippen LogP contribution in [0.3, 0.4) is 0 Å². The third kappa shape index (κ3) is 3.11. The summed E-state index contributed by atoms with van der Waals surface area (Å²) in [5, 5.41) is 4.58. The SMILES string of the molecule is COc1cccc(Nc2nc(Cl)nc3sc(C)c(-c4ccccc4)c23)c1. The van der Waals surface area contributed by atoms with Gasteiger partial charge in [0.2, 0.25) is 5.28 Å². The van der Waals surface area contributed by atoms with E-state index in [4.69, 9.17) is 16.3 Å². The van der Waals surface area contributed by atoms with Crippen LogP contribution in [-0.4, -0.2) is 17.1 Å². The molecule has 0 bridgehead atoms. The van der Waals surface area contributed by atoms with E-state index in [-0.39, 0.29) is 5.28 Å². The maximum absolute atomic E-state index is 6.18. The van der Waals surface area contributed by atoms with Gasteiger partial charge in [0, 0.05) is 22.2 Å². The van der Waals surface area contributed by atoms with Crippen molar-refractivity contribution in [2.45, 2.75) is 6.92 Å². The number of nitrogens with one attached hydrogen (secondary N) is 1. The molecule has 0 amide bonds. The van der Waals surface area contributed by atoms with Crippen LogP contribution in [-0.2, 0) is 0 Å². The van der Waals surface area contributed by atoms with Crippen LogP contribution in [0.1, 0.15) is 4.88 Å². The van der Waals surface area contributed by atoms with E-state index in [9.17, 15) is 0 Å². The number of rotatable bonds is 4. The normalized spacial score (nSPS) is 10.9. The molecular weight excluding hydrogens is 366 g/mol. The second-order valence-electron chi connectivity index (χ2n) is 5.78. The molecule has 2 aromatic carbocycles. The quantitative estimate of drug-likeness (QED) is 0.435. The molecule has 0 aliphatic heterocycles. The average Bonchev–Trinajstić information content (AvgIpc) is 2.98. The summed E-state index contributed by atoms with van der Waals surface area (Å²) in [6, 6.07) is 18.0. The van der Waals surface area contributed by atoms with E-state index in [2.05, 4.69) is 34.3 Å². The number of benzene rings is 2. The van der Waals surface area contributed by atoms with Crippen molar-refractivity contribution >= 4 is 44.7 Å². The maximum Gasteiger partial charge on any atom is 0.225 e. The molecule has 0 unspecified atom stereocenters. The molecule has 2 aromatic heterocycles. The fourth-order valence-electron chi connectivity index (χ4n) is 2.97. The summed E-state index contributed by atoms with van der Waals surface area (Å²) in [6.07, 6.45) is 0. The molecule has 0 saturated carbocycles. The van der Waals surface area contributed by atoms with E-state index in [1.165, 1.54) is 4.88 Å². The smallest absolute Gasteiger partial charge is 0.225 e. The first-order valence-corrected chi connectivity index (χ1v) is 9.28. The molecule has 6 heteroatoms. The molecule has 4 nitrogen and oxygen atoms in total. The monoisotopic (exact) mass is 381 g/mol. The fourth-order valence-corrected chi connectivity index (χ4v) is 4.23.